The molecule has 0 atom stereocenters. The van der Waals surface area contributed by atoms with Crippen LogP contribution in [0.25, 0.3) is 5.52 Å². The van der Waals surface area contributed by atoms with Gasteiger partial charge in [0.05, 0.1) is 6.20 Å². The predicted octanol–water partition coefficient (Wildman–Crippen LogP) is -1.29. The minimum absolute atomic E-state index is 0.324. The van der Waals surface area contributed by atoms with Gasteiger partial charge in [-0.05, 0) is 0 Å². The number of aromatic nitrogens is 4. The SMILES string of the molecule is O=c1[nH]c(=O)c2cncn2[nH]1. The largest absolute Gasteiger partial charge is 0.340 e. The van der Waals surface area contributed by atoms with Crippen LogP contribution in [-0.4, -0.2) is 19.6 Å². The fourth-order valence-electron chi connectivity index (χ4n) is 0.857. The maximum absolute atomic E-state index is 10.9. The summed E-state index contributed by atoms with van der Waals surface area (Å²) in [5.74, 6) is 0. The number of hydrogen-bond acceptors (Lipinski definition) is 3. The summed E-state index contributed by atoms with van der Waals surface area (Å²) in [5, 5.41) is 2.35. The maximum atomic E-state index is 10.9. The molecule has 2 aromatic heterocycles. The van der Waals surface area contributed by atoms with Crippen LogP contribution in [0.4, 0.5) is 0 Å². The Labute approximate surface area is 59.5 Å². The zero-order valence-corrected chi connectivity index (χ0v) is 5.37. The number of nitrogens with zero attached hydrogens (tertiary/aromatic N) is 2. The van der Waals surface area contributed by atoms with Crippen LogP contribution in [0.2, 0.25) is 0 Å². The molecule has 0 aliphatic rings. The summed E-state index contributed by atoms with van der Waals surface area (Å²) in [5.41, 5.74) is -0.656. The van der Waals surface area contributed by atoms with Crippen molar-refractivity contribution >= 4 is 5.52 Å². The Morgan fingerprint density at radius 1 is 1.45 bits per heavy atom. The van der Waals surface area contributed by atoms with Gasteiger partial charge in [0.25, 0.3) is 5.56 Å². The van der Waals surface area contributed by atoms with E-state index < -0.39 is 11.2 Å². The van der Waals surface area contributed by atoms with Gasteiger partial charge in [0.15, 0.2) is 0 Å². The third-order valence-electron chi connectivity index (χ3n) is 1.32. The van der Waals surface area contributed by atoms with Crippen LogP contribution in [0.1, 0.15) is 0 Å². The molecule has 0 spiro atoms. The Kier molecular flexibility index (Phi) is 0.974. The van der Waals surface area contributed by atoms with E-state index in [0.717, 1.165) is 0 Å². The van der Waals surface area contributed by atoms with Gasteiger partial charge in [0.1, 0.15) is 11.8 Å². The molecule has 2 rings (SSSR count). The van der Waals surface area contributed by atoms with Crippen LogP contribution in [0.5, 0.6) is 0 Å². The smallest absolute Gasteiger partial charge is 0.271 e. The van der Waals surface area contributed by atoms with E-state index in [1.165, 1.54) is 17.0 Å². The lowest BCUT2D eigenvalue weighted by atomic mass is 10.6. The third-order valence-corrected chi connectivity index (χ3v) is 1.32. The topological polar surface area (TPSA) is 83.0 Å². The fraction of sp³-hybridized carbons (Fsp3) is 0. The monoisotopic (exact) mass is 152 g/mol. The van der Waals surface area contributed by atoms with Crippen molar-refractivity contribution in [1.29, 1.82) is 0 Å². The quantitative estimate of drug-likeness (QED) is 0.492. The molecule has 2 aromatic rings. The summed E-state index contributed by atoms with van der Waals surface area (Å²) < 4.78 is 1.27. The highest BCUT2D eigenvalue weighted by atomic mass is 16.2. The molecular weight excluding hydrogens is 148 g/mol. The van der Waals surface area contributed by atoms with Crippen molar-refractivity contribution in [1.82, 2.24) is 19.6 Å². The first-order chi connectivity index (χ1) is 5.27. The highest BCUT2D eigenvalue weighted by Crippen LogP contribution is 1.85. The van der Waals surface area contributed by atoms with E-state index in [0.29, 0.717) is 5.52 Å². The number of H-pyrrole nitrogens is 2. The number of hydrogen-bond donors (Lipinski definition) is 2. The van der Waals surface area contributed by atoms with Crippen LogP contribution in [0, 0.1) is 0 Å². The number of imidazole rings is 1. The summed E-state index contributed by atoms with van der Waals surface area (Å²) >= 11 is 0. The van der Waals surface area contributed by atoms with Gasteiger partial charge in [-0.15, -0.1) is 0 Å². The minimum Gasteiger partial charge on any atom is -0.271 e. The molecule has 56 valence electrons. The molecule has 6 heteroatoms. The summed E-state index contributed by atoms with van der Waals surface area (Å²) in [6, 6.07) is 0. The van der Waals surface area contributed by atoms with Crippen LogP contribution in [-0.2, 0) is 0 Å². The van der Waals surface area contributed by atoms with Gasteiger partial charge in [0.2, 0.25) is 0 Å². The molecule has 0 saturated heterocycles. The third kappa shape index (κ3) is 0.759. The van der Waals surface area contributed by atoms with Gasteiger partial charge in [-0.3, -0.25) is 9.78 Å². The summed E-state index contributed by atoms with van der Waals surface area (Å²) in [6.07, 6.45) is 2.72. The maximum Gasteiger partial charge on any atom is 0.340 e. The molecule has 0 saturated carbocycles. The Morgan fingerprint density at radius 3 is 3.09 bits per heavy atom. The highest BCUT2D eigenvalue weighted by molar-refractivity contribution is 5.39. The van der Waals surface area contributed by atoms with Crippen LogP contribution < -0.4 is 11.2 Å². The molecule has 0 bridgehead atoms. The zero-order chi connectivity index (χ0) is 7.84. The van der Waals surface area contributed by atoms with Gasteiger partial charge >= 0.3 is 5.69 Å². The number of aromatic amines is 2. The lowest BCUT2D eigenvalue weighted by molar-refractivity contribution is 0.838. The molecule has 0 amide bonds. The zero-order valence-electron chi connectivity index (χ0n) is 5.37. The fourth-order valence-corrected chi connectivity index (χ4v) is 0.857. The Morgan fingerprint density at radius 2 is 2.27 bits per heavy atom. The molecule has 0 aliphatic carbocycles. The normalized spacial score (nSPS) is 10.5. The molecule has 6 nitrogen and oxygen atoms in total. The lowest BCUT2D eigenvalue weighted by Gasteiger charge is -1.88. The van der Waals surface area contributed by atoms with E-state index in [-0.39, 0.29) is 0 Å². The molecule has 0 radical (unpaired) electrons. The van der Waals surface area contributed by atoms with Crippen LogP contribution in [0.15, 0.2) is 22.1 Å². The standard InChI is InChI=1S/C5H4N4O2/c10-4-3-1-6-2-9(3)8-5(11)7-4/h1-2H,(H2,7,8,10,11). The number of fused-ring (bicyclic) bond motifs is 1. The van der Waals surface area contributed by atoms with Crippen molar-refractivity contribution in [3.63, 3.8) is 0 Å². The van der Waals surface area contributed by atoms with E-state index in [2.05, 4.69) is 15.1 Å². The van der Waals surface area contributed by atoms with Crippen molar-refractivity contribution in [2.75, 3.05) is 0 Å². The lowest BCUT2D eigenvalue weighted by Crippen LogP contribution is -2.24. The van der Waals surface area contributed by atoms with Crippen LogP contribution >= 0.6 is 0 Å². The van der Waals surface area contributed by atoms with Crippen molar-refractivity contribution in [2.45, 2.75) is 0 Å². The average molecular weight is 152 g/mol. The molecule has 2 N–H and O–H groups in total. The molecule has 0 unspecified atom stereocenters. The highest BCUT2D eigenvalue weighted by Gasteiger charge is 1.97. The molecular formula is C5H4N4O2. The van der Waals surface area contributed by atoms with E-state index in [1.807, 2.05) is 0 Å². The summed E-state index contributed by atoms with van der Waals surface area (Å²) in [4.78, 5) is 27.3. The second-order valence-corrected chi connectivity index (χ2v) is 2.04. The Balaban J connectivity index is 3.15. The van der Waals surface area contributed by atoms with Gasteiger partial charge in [-0.1, -0.05) is 0 Å². The van der Waals surface area contributed by atoms with Crippen molar-refractivity contribution in [2.24, 2.45) is 0 Å². The van der Waals surface area contributed by atoms with Gasteiger partial charge in [-0.25, -0.2) is 19.4 Å². The molecule has 0 aliphatic heterocycles. The summed E-state index contributed by atoms with van der Waals surface area (Å²) in [6.45, 7) is 0. The van der Waals surface area contributed by atoms with Crippen molar-refractivity contribution in [3.05, 3.63) is 33.4 Å². The van der Waals surface area contributed by atoms with Crippen LogP contribution in [0.3, 0.4) is 0 Å². The predicted molar refractivity (Wildman–Crippen MR) is 36.4 cm³/mol. The molecule has 11 heavy (non-hydrogen) atoms. The Hall–Kier alpha value is -1.85. The van der Waals surface area contributed by atoms with Gasteiger partial charge in [-0.2, -0.15) is 0 Å². The average Bonchev–Trinajstić information content (AvgIpc) is 2.34. The second-order valence-electron chi connectivity index (χ2n) is 2.04. The van der Waals surface area contributed by atoms with Gasteiger partial charge < -0.3 is 0 Å². The van der Waals surface area contributed by atoms with Gasteiger partial charge in [0, 0.05) is 0 Å². The number of rotatable bonds is 0. The first-order valence-corrected chi connectivity index (χ1v) is 2.92. The summed E-state index contributed by atoms with van der Waals surface area (Å²) in [7, 11) is 0. The van der Waals surface area contributed by atoms with Crippen molar-refractivity contribution < 1.29 is 0 Å². The molecule has 0 fully saturated rings. The first kappa shape index (κ1) is 5.90. The van der Waals surface area contributed by atoms with E-state index >= 15 is 0 Å². The van der Waals surface area contributed by atoms with E-state index in [9.17, 15) is 9.59 Å². The minimum atomic E-state index is -0.541. The number of nitrogens with one attached hydrogen (secondary N) is 2. The first-order valence-electron chi connectivity index (χ1n) is 2.92. The van der Waals surface area contributed by atoms with E-state index in [1.54, 1.807) is 0 Å². The van der Waals surface area contributed by atoms with E-state index in [4.69, 9.17) is 0 Å². The van der Waals surface area contributed by atoms with Crippen molar-refractivity contribution in [3.8, 4) is 0 Å². The second kappa shape index (κ2) is 1.82. The Bertz CT molecular complexity index is 491. The molecule has 2 heterocycles. The molecule has 0 aromatic carbocycles.